The lowest BCUT2D eigenvalue weighted by molar-refractivity contribution is -0.136. The third-order valence-corrected chi connectivity index (χ3v) is 1.99. The zero-order valence-electron chi connectivity index (χ0n) is 7.95. The van der Waals surface area contributed by atoms with Crippen LogP contribution in [0.5, 0.6) is 0 Å². The molecule has 1 rings (SSSR count). The van der Waals surface area contributed by atoms with Gasteiger partial charge in [0.15, 0.2) is 0 Å². The fourth-order valence-electron chi connectivity index (χ4n) is 1.23. The molecule has 0 fully saturated rings. The van der Waals surface area contributed by atoms with Crippen LogP contribution in [-0.4, -0.2) is 22.2 Å². The minimum Gasteiger partial charge on any atom is -0.481 e. The van der Waals surface area contributed by atoms with E-state index in [4.69, 9.17) is 10.2 Å². The summed E-state index contributed by atoms with van der Waals surface area (Å²) in [5, 5.41) is 17.2. The van der Waals surface area contributed by atoms with Crippen molar-refractivity contribution in [3.8, 4) is 0 Å². The lowest BCUT2D eigenvalue weighted by atomic mass is 10.0. The first-order valence-electron chi connectivity index (χ1n) is 4.16. The van der Waals surface area contributed by atoms with Gasteiger partial charge in [-0.3, -0.25) is 4.79 Å². The number of hydrogen-bond acceptors (Lipinski definition) is 2. The number of halogens is 1. The molecule has 0 heterocycles. The van der Waals surface area contributed by atoms with Crippen LogP contribution in [0, 0.1) is 12.7 Å². The molecular formula is C10H9FO4. The molecule has 0 aliphatic carbocycles. The molecule has 80 valence electrons. The van der Waals surface area contributed by atoms with Gasteiger partial charge >= 0.3 is 11.9 Å². The van der Waals surface area contributed by atoms with Gasteiger partial charge in [0, 0.05) is 0 Å². The number of carbonyl (C=O) groups is 2. The molecule has 0 spiro atoms. The Balaban J connectivity index is 3.23. The van der Waals surface area contributed by atoms with Gasteiger partial charge in [0.05, 0.1) is 12.0 Å². The minimum atomic E-state index is -1.27. The van der Waals surface area contributed by atoms with E-state index in [2.05, 4.69) is 0 Å². The first-order chi connectivity index (χ1) is 6.91. The van der Waals surface area contributed by atoms with Crippen molar-refractivity contribution in [2.45, 2.75) is 13.3 Å². The third-order valence-electron chi connectivity index (χ3n) is 1.99. The fourth-order valence-corrected chi connectivity index (χ4v) is 1.23. The monoisotopic (exact) mass is 212 g/mol. The van der Waals surface area contributed by atoms with Crippen LogP contribution in [0.2, 0.25) is 0 Å². The molecule has 0 saturated heterocycles. The zero-order valence-corrected chi connectivity index (χ0v) is 7.95. The van der Waals surface area contributed by atoms with E-state index in [-0.39, 0.29) is 16.7 Å². The molecule has 0 aliphatic rings. The van der Waals surface area contributed by atoms with Gasteiger partial charge in [0.25, 0.3) is 0 Å². The molecule has 0 atom stereocenters. The number of carboxylic acid groups (broad SMARTS) is 2. The van der Waals surface area contributed by atoms with Crippen molar-refractivity contribution in [1.82, 2.24) is 0 Å². The van der Waals surface area contributed by atoms with Gasteiger partial charge in [0.2, 0.25) is 0 Å². The highest BCUT2D eigenvalue weighted by Gasteiger charge is 2.13. The number of hydrogen-bond donors (Lipinski definition) is 2. The van der Waals surface area contributed by atoms with E-state index in [1.807, 2.05) is 0 Å². The zero-order chi connectivity index (χ0) is 11.6. The number of benzene rings is 1. The average molecular weight is 212 g/mol. The van der Waals surface area contributed by atoms with Crippen molar-refractivity contribution in [1.29, 1.82) is 0 Å². The molecule has 0 radical (unpaired) electrons. The Bertz CT molecular complexity index is 426. The molecule has 0 saturated carbocycles. The molecule has 0 unspecified atom stereocenters. The SMILES string of the molecule is Cc1c(F)cc(CC(=O)O)cc1C(=O)O. The van der Waals surface area contributed by atoms with Gasteiger partial charge in [0.1, 0.15) is 5.82 Å². The van der Waals surface area contributed by atoms with Gasteiger partial charge < -0.3 is 10.2 Å². The summed E-state index contributed by atoms with van der Waals surface area (Å²) in [4.78, 5) is 21.1. The van der Waals surface area contributed by atoms with Gasteiger partial charge in [-0.25, -0.2) is 9.18 Å². The highest BCUT2D eigenvalue weighted by atomic mass is 19.1. The van der Waals surface area contributed by atoms with Crippen molar-refractivity contribution < 1.29 is 24.2 Å². The van der Waals surface area contributed by atoms with E-state index in [1.165, 1.54) is 13.0 Å². The molecule has 0 aromatic heterocycles. The van der Waals surface area contributed by atoms with Gasteiger partial charge in [-0.2, -0.15) is 0 Å². The van der Waals surface area contributed by atoms with E-state index in [0.717, 1.165) is 6.07 Å². The third kappa shape index (κ3) is 2.52. The normalized spacial score (nSPS) is 10.0. The van der Waals surface area contributed by atoms with Crippen LogP contribution in [0.25, 0.3) is 0 Å². The maximum absolute atomic E-state index is 13.2. The summed E-state index contributed by atoms with van der Waals surface area (Å²) in [6.07, 6.45) is -0.391. The maximum atomic E-state index is 13.2. The lowest BCUT2D eigenvalue weighted by Crippen LogP contribution is -2.06. The first-order valence-corrected chi connectivity index (χ1v) is 4.16. The summed E-state index contributed by atoms with van der Waals surface area (Å²) in [6, 6.07) is 2.21. The molecule has 0 aliphatic heterocycles. The number of rotatable bonds is 3. The topological polar surface area (TPSA) is 74.6 Å². The highest BCUT2D eigenvalue weighted by molar-refractivity contribution is 5.89. The summed E-state index contributed by atoms with van der Waals surface area (Å²) in [7, 11) is 0. The van der Waals surface area contributed by atoms with E-state index >= 15 is 0 Å². The second kappa shape index (κ2) is 4.08. The average Bonchev–Trinajstić information content (AvgIpc) is 2.09. The Morgan fingerprint density at radius 1 is 1.33 bits per heavy atom. The molecule has 0 bridgehead atoms. The summed E-state index contributed by atoms with van der Waals surface area (Å²) < 4.78 is 13.2. The molecular weight excluding hydrogens is 203 g/mol. The van der Waals surface area contributed by atoms with Crippen LogP contribution in [0.4, 0.5) is 4.39 Å². The Kier molecular flexibility index (Phi) is 3.04. The van der Waals surface area contributed by atoms with Crippen LogP contribution in [0.3, 0.4) is 0 Å². The highest BCUT2D eigenvalue weighted by Crippen LogP contribution is 2.16. The second-order valence-electron chi connectivity index (χ2n) is 3.13. The van der Waals surface area contributed by atoms with E-state index < -0.39 is 24.2 Å². The molecule has 15 heavy (non-hydrogen) atoms. The molecule has 5 heteroatoms. The van der Waals surface area contributed by atoms with E-state index in [0.29, 0.717) is 0 Å². The minimum absolute atomic E-state index is 0.0108. The molecule has 1 aromatic rings. The summed E-state index contributed by atoms with van der Waals surface area (Å²) >= 11 is 0. The van der Waals surface area contributed by atoms with Gasteiger partial charge in [-0.15, -0.1) is 0 Å². The Labute approximate surface area is 85.0 Å². The Morgan fingerprint density at radius 3 is 2.40 bits per heavy atom. The standard InChI is InChI=1S/C10H9FO4/c1-5-7(10(14)15)2-6(3-8(5)11)4-9(12)13/h2-3H,4H2,1H3,(H,12,13)(H,14,15). The summed E-state index contributed by atoms with van der Waals surface area (Å²) in [5.74, 6) is -3.10. The van der Waals surface area contributed by atoms with Gasteiger partial charge in [-0.1, -0.05) is 0 Å². The molecule has 1 aromatic carbocycles. The van der Waals surface area contributed by atoms with Crippen LogP contribution < -0.4 is 0 Å². The van der Waals surface area contributed by atoms with Crippen LogP contribution in [-0.2, 0) is 11.2 Å². The van der Waals surface area contributed by atoms with Crippen LogP contribution in [0.15, 0.2) is 12.1 Å². The molecule has 2 N–H and O–H groups in total. The van der Waals surface area contributed by atoms with Gasteiger partial charge in [-0.05, 0) is 30.2 Å². The van der Waals surface area contributed by atoms with E-state index in [1.54, 1.807) is 0 Å². The number of aliphatic carboxylic acids is 1. The smallest absolute Gasteiger partial charge is 0.336 e. The van der Waals surface area contributed by atoms with Crippen molar-refractivity contribution in [3.05, 3.63) is 34.6 Å². The predicted molar refractivity (Wildman–Crippen MR) is 49.4 cm³/mol. The van der Waals surface area contributed by atoms with E-state index in [9.17, 15) is 14.0 Å². The second-order valence-corrected chi connectivity index (χ2v) is 3.13. The molecule has 0 amide bonds. The number of aromatic carboxylic acids is 1. The summed E-state index contributed by atoms with van der Waals surface area (Å²) in [5.41, 5.74) is -0.0501. The van der Waals surface area contributed by atoms with Crippen molar-refractivity contribution in [2.75, 3.05) is 0 Å². The van der Waals surface area contributed by atoms with Crippen molar-refractivity contribution >= 4 is 11.9 Å². The lowest BCUT2D eigenvalue weighted by Gasteiger charge is -2.05. The Morgan fingerprint density at radius 2 is 1.93 bits per heavy atom. The van der Waals surface area contributed by atoms with Crippen molar-refractivity contribution in [3.63, 3.8) is 0 Å². The predicted octanol–water partition coefficient (Wildman–Crippen LogP) is 1.46. The fraction of sp³-hybridized carbons (Fsp3) is 0.200. The molecule has 4 nitrogen and oxygen atoms in total. The number of carboxylic acids is 2. The Hall–Kier alpha value is -1.91. The van der Waals surface area contributed by atoms with Crippen molar-refractivity contribution in [2.24, 2.45) is 0 Å². The summed E-state index contributed by atoms with van der Waals surface area (Å²) in [6.45, 7) is 1.34. The maximum Gasteiger partial charge on any atom is 0.336 e. The quantitative estimate of drug-likeness (QED) is 0.795. The van der Waals surface area contributed by atoms with Crippen LogP contribution in [0.1, 0.15) is 21.5 Å². The largest absolute Gasteiger partial charge is 0.481 e. The first kappa shape index (κ1) is 11.2. The van der Waals surface area contributed by atoms with Crippen LogP contribution >= 0.6 is 0 Å².